The van der Waals surface area contributed by atoms with E-state index in [-0.39, 0.29) is 18.3 Å². The number of halogens is 1. The van der Waals surface area contributed by atoms with Crippen molar-refractivity contribution in [2.24, 2.45) is 0 Å². The molecule has 1 aromatic carbocycles. The molecular weight excluding hydrogens is 318 g/mol. The first-order chi connectivity index (χ1) is 10.3. The fourth-order valence-corrected chi connectivity index (χ4v) is 3.55. The number of carbonyl (C=O) groups excluding carboxylic acids is 1. The summed E-state index contributed by atoms with van der Waals surface area (Å²) in [5.41, 5.74) is 1.98. The van der Waals surface area contributed by atoms with Gasteiger partial charge in [-0.15, -0.1) is 0 Å². The summed E-state index contributed by atoms with van der Waals surface area (Å²) in [4.78, 5) is 18.2. The minimum absolute atomic E-state index is 0. The first-order valence-corrected chi connectivity index (χ1v) is 7.80. The summed E-state index contributed by atoms with van der Waals surface area (Å²) < 4.78 is 3.17. The second-order valence-corrected chi connectivity index (χ2v) is 6.09. The second kappa shape index (κ2) is 6.02. The van der Waals surface area contributed by atoms with Crippen LogP contribution in [0.3, 0.4) is 0 Å². The third-order valence-corrected chi connectivity index (χ3v) is 4.75. The summed E-state index contributed by atoms with van der Waals surface area (Å²) in [5, 5.41) is 0.940. The number of nitrogens with zero attached hydrogens (tertiary/aromatic N) is 3. The normalized spacial score (nSPS) is 14.4. The number of carbonyl (C=O) groups is 1. The fraction of sp³-hybridized carbons (Fsp3) is 0.188. The molecule has 112 valence electrons. The predicted molar refractivity (Wildman–Crippen MR) is 82.7 cm³/mol. The highest BCUT2D eigenvalue weighted by Gasteiger charge is 2.22. The van der Waals surface area contributed by atoms with Crippen LogP contribution in [-0.2, 0) is 4.79 Å². The largest absolute Gasteiger partial charge is 1.00 e. The van der Waals surface area contributed by atoms with Crippen LogP contribution in [0.1, 0.15) is 12.8 Å². The molecule has 3 aromatic rings. The lowest BCUT2D eigenvalue weighted by Crippen LogP contribution is -3.00. The maximum atomic E-state index is 11.8. The van der Waals surface area contributed by atoms with E-state index in [0.29, 0.717) is 6.42 Å². The molecule has 1 saturated heterocycles. The molecule has 1 amide bonds. The molecule has 2 aromatic heterocycles. The van der Waals surface area contributed by atoms with Gasteiger partial charge in [0, 0.05) is 25.1 Å². The number of hydrogen-bond acceptors (Lipinski definition) is 3. The maximum Gasteiger partial charge on any atom is 0.388 e. The highest BCUT2D eigenvalue weighted by atomic mass is 35.5. The van der Waals surface area contributed by atoms with Gasteiger partial charge in [-0.3, -0.25) is 4.79 Å². The summed E-state index contributed by atoms with van der Waals surface area (Å²) in [6.07, 6.45) is 5.55. The van der Waals surface area contributed by atoms with E-state index >= 15 is 0 Å². The van der Waals surface area contributed by atoms with Crippen LogP contribution < -0.4 is 21.9 Å². The van der Waals surface area contributed by atoms with Crippen molar-refractivity contribution < 1.29 is 21.8 Å². The number of benzene rings is 1. The molecule has 0 bridgehead atoms. The molecule has 6 heteroatoms. The van der Waals surface area contributed by atoms with E-state index in [4.69, 9.17) is 0 Å². The van der Waals surface area contributed by atoms with Crippen LogP contribution in [0, 0.1) is 0 Å². The molecule has 3 heterocycles. The van der Waals surface area contributed by atoms with Gasteiger partial charge in [0.1, 0.15) is 0 Å². The van der Waals surface area contributed by atoms with Crippen molar-refractivity contribution in [3.63, 3.8) is 0 Å². The maximum absolute atomic E-state index is 11.8. The molecule has 0 N–H and O–H groups in total. The van der Waals surface area contributed by atoms with Gasteiger partial charge in [-0.25, -0.2) is 0 Å². The molecule has 4 rings (SSSR count). The summed E-state index contributed by atoms with van der Waals surface area (Å²) in [6, 6.07) is 12.1. The van der Waals surface area contributed by atoms with E-state index in [0.717, 1.165) is 29.3 Å². The molecule has 0 radical (unpaired) electrons. The van der Waals surface area contributed by atoms with Crippen molar-refractivity contribution in [1.82, 2.24) is 4.98 Å². The van der Waals surface area contributed by atoms with Gasteiger partial charge < -0.3 is 17.3 Å². The topological polar surface area (TPSA) is 37.1 Å². The molecule has 22 heavy (non-hydrogen) atoms. The van der Waals surface area contributed by atoms with Gasteiger partial charge in [-0.05, 0) is 34.9 Å². The van der Waals surface area contributed by atoms with Crippen molar-refractivity contribution >= 4 is 33.1 Å². The number of pyridine rings is 1. The number of para-hydroxylation sites is 1. The van der Waals surface area contributed by atoms with E-state index < -0.39 is 0 Å². The van der Waals surface area contributed by atoms with Crippen LogP contribution in [0.5, 0.6) is 0 Å². The molecule has 1 fully saturated rings. The summed E-state index contributed by atoms with van der Waals surface area (Å²) in [7, 11) is 0. The third kappa shape index (κ3) is 2.58. The van der Waals surface area contributed by atoms with E-state index in [9.17, 15) is 4.79 Å². The standard InChI is InChI=1S/C16H14N3OS.ClH/c20-15-6-3-9-19(15)12-7-10-18(11-8-12)16-17-13-4-1-2-5-14(13)21-16;/h1-2,4-5,7-8,10-11H,3,6,9H2;1H/q+1;/p-1. The lowest BCUT2D eigenvalue weighted by atomic mass is 10.3. The Kier molecular flexibility index (Phi) is 4.09. The van der Waals surface area contributed by atoms with Crippen molar-refractivity contribution in [2.45, 2.75) is 12.8 Å². The Labute approximate surface area is 138 Å². The minimum Gasteiger partial charge on any atom is -1.00 e. The molecule has 0 aliphatic carbocycles. The van der Waals surface area contributed by atoms with E-state index in [1.165, 1.54) is 4.70 Å². The Morgan fingerprint density at radius 1 is 1.14 bits per heavy atom. The van der Waals surface area contributed by atoms with Crippen LogP contribution in [0.25, 0.3) is 15.3 Å². The third-order valence-electron chi connectivity index (χ3n) is 3.70. The number of hydrogen-bond donors (Lipinski definition) is 0. The number of thiazole rings is 1. The smallest absolute Gasteiger partial charge is 0.388 e. The number of rotatable bonds is 2. The molecule has 0 unspecified atom stereocenters. The molecule has 0 atom stereocenters. The van der Waals surface area contributed by atoms with Gasteiger partial charge >= 0.3 is 5.13 Å². The van der Waals surface area contributed by atoms with E-state index in [1.807, 2.05) is 52.2 Å². The molecule has 0 spiro atoms. The van der Waals surface area contributed by atoms with Crippen molar-refractivity contribution in [1.29, 1.82) is 0 Å². The van der Waals surface area contributed by atoms with Gasteiger partial charge in [0.2, 0.25) is 5.91 Å². The van der Waals surface area contributed by atoms with Crippen LogP contribution >= 0.6 is 11.3 Å². The van der Waals surface area contributed by atoms with Crippen molar-refractivity contribution in [2.75, 3.05) is 11.4 Å². The Morgan fingerprint density at radius 3 is 2.59 bits per heavy atom. The van der Waals surface area contributed by atoms with Gasteiger partial charge in [-0.1, -0.05) is 12.1 Å². The quantitative estimate of drug-likeness (QED) is 0.605. The van der Waals surface area contributed by atoms with Crippen LogP contribution in [0.4, 0.5) is 5.69 Å². The zero-order chi connectivity index (χ0) is 14.2. The summed E-state index contributed by atoms with van der Waals surface area (Å²) in [6.45, 7) is 0.823. The van der Waals surface area contributed by atoms with Crippen molar-refractivity contribution in [3.8, 4) is 5.13 Å². The number of anilines is 1. The molecule has 1 aliphatic heterocycles. The Bertz CT molecular complexity index is 783. The average molecular weight is 332 g/mol. The summed E-state index contributed by atoms with van der Waals surface area (Å²) in [5.74, 6) is 0.215. The first-order valence-electron chi connectivity index (χ1n) is 6.99. The highest BCUT2D eigenvalue weighted by molar-refractivity contribution is 7.20. The van der Waals surface area contributed by atoms with Gasteiger partial charge in [0.15, 0.2) is 5.52 Å². The predicted octanol–water partition coefficient (Wildman–Crippen LogP) is -0.296. The lowest BCUT2D eigenvalue weighted by Gasteiger charge is -2.14. The van der Waals surface area contributed by atoms with Crippen LogP contribution in [-0.4, -0.2) is 17.4 Å². The summed E-state index contributed by atoms with van der Waals surface area (Å²) >= 11 is 1.66. The zero-order valence-electron chi connectivity index (χ0n) is 11.8. The Morgan fingerprint density at radius 2 is 1.91 bits per heavy atom. The minimum atomic E-state index is 0. The van der Waals surface area contributed by atoms with Gasteiger partial charge in [0.05, 0.1) is 22.8 Å². The van der Waals surface area contributed by atoms with E-state index in [1.54, 1.807) is 11.3 Å². The Balaban J connectivity index is 0.00000144. The molecule has 1 aliphatic rings. The number of fused-ring (bicyclic) bond motifs is 1. The first kappa shape index (κ1) is 14.9. The van der Waals surface area contributed by atoms with Crippen molar-refractivity contribution in [3.05, 3.63) is 48.8 Å². The highest BCUT2D eigenvalue weighted by Crippen LogP contribution is 2.23. The second-order valence-electron chi connectivity index (χ2n) is 5.08. The fourth-order valence-electron chi connectivity index (χ4n) is 2.62. The number of aromatic nitrogens is 2. The van der Waals surface area contributed by atoms with Crippen LogP contribution in [0.15, 0.2) is 48.8 Å². The SMILES string of the molecule is O=C1CCCN1c1cc[n+](-c2nc3ccccc3s2)cc1.[Cl-]. The molecule has 0 saturated carbocycles. The monoisotopic (exact) mass is 331 g/mol. The van der Waals surface area contributed by atoms with Crippen LogP contribution in [0.2, 0.25) is 0 Å². The lowest BCUT2D eigenvalue weighted by molar-refractivity contribution is -0.595. The van der Waals surface area contributed by atoms with Gasteiger partial charge in [0.25, 0.3) is 0 Å². The molecular formula is C16H14ClN3OS. The Hall–Kier alpha value is -1.98. The molecule has 4 nitrogen and oxygen atoms in total. The van der Waals surface area contributed by atoms with Gasteiger partial charge in [-0.2, -0.15) is 4.57 Å². The number of amides is 1. The van der Waals surface area contributed by atoms with E-state index in [2.05, 4.69) is 11.1 Å². The zero-order valence-corrected chi connectivity index (χ0v) is 13.3. The average Bonchev–Trinajstić information content (AvgIpc) is 3.13.